The predicted molar refractivity (Wildman–Crippen MR) is 93.9 cm³/mol. The van der Waals surface area contributed by atoms with Crippen LogP contribution in [0.15, 0.2) is 46.4 Å². The first-order chi connectivity index (χ1) is 11.4. The third-order valence-electron chi connectivity index (χ3n) is 3.03. The fourth-order valence-corrected chi connectivity index (χ4v) is 3.31. The Labute approximate surface area is 150 Å². The van der Waals surface area contributed by atoms with Crippen LogP contribution in [-0.4, -0.2) is 28.9 Å². The Hall–Kier alpha value is -1.96. The first-order valence-corrected chi connectivity index (χ1v) is 8.84. The minimum Gasteiger partial charge on any atom is -0.497 e. The van der Waals surface area contributed by atoms with Crippen molar-refractivity contribution < 1.29 is 17.9 Å². The minimum atomic E-state index is -3.97. The average molecular weight is 389 g/mol. The molecule has 2 rings (SSSR count). The maximum atomic E-state index is 12.4. The number of hydrogen-bond donors (Lipinski definition) is 1. The van der Waals surface area contributed by atoms with Gasteiger partial charge in [-0.05, 0) is 24.3 Å². The molecule has 0 radical (unpaired) electrons. The summed E-state index contributed by atoms with van der Waals surface area (Å²) in [7, 11) is -1.17. The van der Waals surface area contributed by atoms with Crippen LogP contribution in [0.1, 0.15) is 5.56 Å². The molecule has 128 valence electrons. The summed E-state index contributed by atoms with van der Waals surface area (Å²) in [5.41, 5.74) is 0.404. The number of nitrogens with zero attached hydrogens (tertiary/aromatic N) is 1. The Morgan fingerprint density at radius 1 is 1.08 bits per heavy atom. The van der Waals surface area contributed by atoms with Gasteiger partial charge in [0.15, 0.2) is 0 Å². The summed E-state index contributed by atoms with van der Waals surface area (Å²) in [5, 5.41) is 4.42. The summed E-state index contributed by atoms with van der Waals surface area (Å²) < 4.78 is 34.9. The molecule has 0 aromatic heterocycles. The number of methoxy groups -OCH3 is 2. The van der Waals surface area contributed by atoms with E-state index in [-0.39, 0.29) is 10.6 Å². The first-order valence-electron chi connectivity index (χ1n) is 6.60. The number of hydrogen-bond acceptors (Lipinski definition) is 5. The molecule has 0 atom stereocenters. The van der Waals surface area contributed by atoms with Crippen molar-refractivity contribution >= 4 is 39.4 Å². The number of nitrogens with one attached hydrogen (secondary N) is 1. The van der Waals surface area contributed by atoms with Gasteiger partial charge in [-0.2, -0.15) is 18.4 Å². The molecule has 2 aromatic rings. The topological polar surface area (TPSA) is 77.0 Å². The molecule has 1 N–H and O–H groups in total. The van der Waals surface area contributed by atoms with Crippen LogP contribution in [0, 0.1) is 0 Å². The lowest BCUT2D eigenvalue weighted by atomic mass is 10.2. The zero-order valence-corrected chi connectivity index (χ0v) is 15.1. The highest BCUT2D eigenvalue weighted by atomic mass is 35.5. The third kappa shape index (κ3) is 4.11. The van der Waals surface area contributed by atoms with Crippen molar-refractivity contribution in [3.8, 4) is 11.5 Å². The highest BCUT2D eigenvalue weighted by Gasteiger charge is 2.20. The fraction of sp³-hybridized carbons (Fsp3) is 0.133. The van der Waals surface area contributed by atoms with Crippen molar-refractivity contribution in [1.29, 1.82) is 0 Å². The number of ether oxygens (including phenoxy) is 2. The van der Waals surface area contributed by atoms with Crippen LogP contribution >= 0.6 is 23.2 Å². The van der Waals surface area contributed by atoms with Crippen LogP contribution in [0.25, 0.3) is 0 Å². The van der Waals surface area contributed by atoms with E-state index in [2.05, 4.69) is 9.93 Å². The van der Waals surface area contributed by atoms with Crippen molar-refractivity contribution in [2.75, 3.05) is 14.2 Å². The highest BCUT2D eigenvalue weighted by molar-refractivity contribution is 7.89. The predicted octanol–water partition coefficient (Wildman–Crippen LogP) is 3.32. The summed E-state index contributed by atoms with van der Waals surface area (Å²) in [4.78, 5) is 1.99. The van der Waals surface area contributed by atoms with Crippen molar-refractivity contribution in [3.63, 3.8) is 0 Å². The molecule has 0 saturated carbocycles. The average Bonchev–Trinajstić information content (AvgIpc) is 2.57. The van der Waals surface area contributed by atoms with Crippen molar-refractivity contribution in [2.24, 2.45) is 5.10 Å². The van der Waals surface area contributed by atoms with E-state index in [1.807, 2.05) is 0 Å². The smallest absolute Gasteiger partial charge is 0.280 e. The van der Waals surface area contributed by atoms with Crippen LogP contribution in [0.4, 0.5) is 0 Å². The Morgan fingerprint density at radius 3 is 2.33 bits per heavy atom. The normalized spacial score (nSPS) is 11.5. The van der Waals surface area contributed by atoms with E-state index in [4.69, 9.17) is 32.7 Å². The lowest BCUT2D eigenvalue weighted by Crippen LogP contribution is -2.19. The Kier molecular flexibility index (Phi) is 5.93. The quantitative estimate of drug-likeness (QED) is 0.608. The van der Waals surface area contributed by atoms with Crippen molar-refractivity contribution in [2.45, 2.75) is 4.90 Å². The Balaban J connectivity index is 2.31. The number of hydrazone groups is 1. The molecule has 2 aromatic carbocycles. The second-order valence-electron chi connectivity index (χ2n) is 4.51. The van der Waals surface area contributed by atoms with Gasteiger partial charge in [0.05, 0.1) is 30.5 Å². The minimum absolute atomic E-state index is 0.105. The molecule has 6 nitrogen and oxygen atoms in total. The summed E-state index contributed by atoms with van der Waals surface area (Å²) in [5.74, 6) is 0.531. The molecule has 0 amide bonds. The van der Waals surface area contributed by atoms with Crippen LogP contribution < -0.4 is 14.3 Å². The standard InChI is InChI=1S/C15H14Cl2N2O4S/c1-22-10-6-7-14(23-2)15(8-10)24(20,21)19-18-9-11-12(16)4-3-5-13(11)17/h3-9,19H,1-2H3/b18-9+. The van der Waals surface area contributed by atoms with Gasteiger partial charge in [0, 0.05) is 11.6 Å². The summed E-state index contributed by atoms with van der Waals surface area (Å²) in [6.07, 6.45) is 1.23. The van der Waals surface area contributed by atoms with Gasteiger partial charge < -0.3 is 9.47 Å². The zero-order chi connectivity index (χ0) is 17.7. The van der Waals surface area contributed by atoms with Gasteiger partial charge in [-0.15, -0.1) is 0 Å². The van der Waals surface area contributed by atoms with Gasteiger partial charge in [0.25, 0.3) is 10.0 Å². The van der Waals surface area contributed by atoms with E-state index in [9.17, 15) is 8.42 Å². The van der Waals surface area contributed by atoms with Gasteiger partial charge in [0.1, 0.15) is 16.4 Å². The van der Waals surface area contributed by atoms with Crippen molar-refractivity contribution in [1.82, 2.24) is 4.83 Å². The zero-order valence-electron chi connectivity index (χ0n) is 12.8. The van der Waals surface area contributed by atoms with E-state index in [0.29, 0.717) is 21.4 Å². The Morgan fingerprint density at radius 2 is 1.75 bits per heavy atom. The van der Waals surface area contributed by atoms with Gasteiger partial charge in [-0.1, -0.05) is 29.3 Å². The third-order valence-corrected chi connectivity index (χ3v) is 4.93. The van der Waals surface area contributed by atoms with E-state index < -0.39 is 10.0 Å². The van der Waals surface area contributed by atoms with Gasteiger partial charge in [0.2, 0.25) is 0 Å². The molecule has 9 heteroatoms. The van der Waals surface area contributed by atoms with Crippen LogP contribution in [0.3, 0.4) is 0 Å². The molecule has 0 heterocycles. The van der Waals surface area contributed by atoms with Crippen LogP contribution in [-0.2, 0) is 10.0 Å². The maximum absolute atomic E-state index is 12.4. The maximum Gasteiger partial charge on any atom is 0.280 e. The monoisotopic (exact) mass is 388 g/mol. The molecular weight excluding hydrogens is 375 g/mol. The molecule has 0 spiro atoms. The Bertz CT molecular complexity index is 850. The fourth-order valence-electron chi connectivity index (χ4n) is 1.84. The van der Waals surface area contributed by atoms with Crippen molar-refractivity contribution in [3.05, 3.63) is 52.0 Å². The van der Waals surface area contributed by atoms with Crippen LogP contribution in [0.5, 0.6) is 11.5 Å². The molecule has 0 aliphatic carbocycles. The van der Waals surface area contributed by atoms with Crippen LogP contribution in [0.2, 0.25) is 10.0 Å². The first kappa shape index (κ1) is 18.4. The van der Waals surface area contributed by atoms with E-state index in [1.54, 1.807) is 24.3 Å². The highest BCUT2D eigenvalue weighted by Crippen LogP contribution is 2.28. The molecule has 0 fully saturated rings. The second kappa shape index (κ2) is 7.74. The molecular formula is C15H14Cl2N2O4S. The molecule has 0 bridgehead atoms. The molecule has 0 unspecified atom stereocenters. The molecule has 0 aliphatic rings. The molecule has 0 aliphatic heterocycles. The summed E-state index contributed by atoms with van der Waals surface area (Å²) in [6.45, 7) is 0. The van der Waals surface area contributed by atoms with Gasteiger partial charge >= 0.3 is 0 Å². The lowest BCUT2D eigenvalue weighted by molar-refractivity contribution is 0.392. The number of rotatable bonds is 6. The number of halogens is 2. The van der Waals surface area contributed by atoms with Gasteiger partial charge in [-0.3, -0.25) is 0 Å². The summed E-state index contributed by atoms with van der Waals surface area (Å²) >= 11 is 12.0. The SMILES string of the molecule is COc1ccc(OC)c(S(=O)(=O)N/N=C/c2c(Cl)cccc2Cl)c1. The molecule has 24 heavy (non-hydrogen) atoms. The van der Waals surface area contributed by atoms with E-state index in [0.717, 1.165) is 0 Å². The summed E-state index contributed by atoms with van der Waals surface area (Å²) in [6, 6.07) is 9.32. The number of sulfonamides is 1. The molecule has 0 saturated heterocycles. The largest absolute Gasteiger partial charge is 0.497 e. The van der Waals surface area contributed by atoms with E-state index in [1.165, 1.54) is 32.6 Å². The van der Waals surface area contributed by atoms with Gasteiger partial charge in [-0.25, -0.2) is 0 Å². The number of benzene rings is 2. The second-order valence-corrected chi connectivity index (χ2v) is 6.95. The lowest BCUT2D eigenvalue weighted by Gasteiger charge is -2.10. The van der Waals surface area contributed by atoms with E-state index >= 15 is 0 Å².